The van der Waals surface area contributed by atoms with Gasteiger partial charge >= 0.3 is 0 Å². The van der Waals surface area contributed by atoms with Crippen LogP contribution in [0.4, 0.5) is 5.69 Å². The van der Waals surface area contributed by atoms with Crippen LogP contribution in [-0.2, 0) is 0 Å². The molecule has 1 aromatic heterocycles. The summed E-state index contributed by atoms with van der Waals surface area (Å²) in [6.45, 7) is 1.94. The highest BCUT2D eigenvalue weighted by Crippen LogP contribution is 2.28. The Kier molecular flexibility index (Phi) is 5.99. The minimum Gasteiger partial charge on any atom is -0.365 e. The van der Waals surface area contributed by atoms with Gasteiger partial charge in [-0.3, -0.25) is 9.59 Å². The number of para-hydroxylation sites is 1. The lowest BCUT2D eigenvalue weighted by molar-refractivity contribution is 0.0747. The minimum absolute atomic E-state index is 0.103. The largest absolute Gasteiger partial charge is 0.365 e. The second-order valence-corrected chi connectivity index (χ2v) is 7.94. The third-order valence-corrected chi connectivity index (χ3v) is 6.17. The molecule has 4 rings (SSSR count). The maximum Gasteiger partial charge on any atom is 0.292 e. The minimum atomic E-state index is -0.385. The molecule has 0 unspecified atom stereocenters. The Bertz CT molecular complexity index is 1140. The van der Waals surface area contributed by atoms with Gasteiger partial charge in [-0.25, -0.2) is 0 Å². The molecule has 0 atom stereocenters. The van der Waals surface area contributed by atoms with Gasteiger partial charge in [-0.2, -0.15) is 9.78 Å². The summed E-state index contributed by atoms with van der Waals surface area (Å²) in [4.78, 5) is 29.2. The smallest absolute Gasteiger partial charge is 0.292 e. The number of benzene rings is 2. The van der Waals surface area contributed by atoms with Gasteiger partial charge in [-0.15, -0.1) is 0 Å². The number of halogens is 3. The normalized spacial score (nSPS) is 14.1. The van der Waals surface area contributed by atoms with Gasteiger partial charge < -0.3 is 9.80 Å². The van der Waals surface area contributed by atoms with Gasteiger partial charge in [0.1, 0.15) is 5.02 Å². The van der Waals surface area contributed by atoms with Crippen molar-refractivity contribution in [2.24, 2.45) is 0 Å². The molecule has 1 saturated heterocycles. The third kappa shape index (κ3) is 3.90. The summed E-state index contributed by atoms with van der Waals surface area (Å²) >= 11 is 18.6. The van der Waals surface area contributed by atoms with Crippen molar-refractivity contribution in [1.82, 2.24) is 14.7 Å². The van der Waals surface area contributed by atoms with E-state index in [1.54, 1.807) is 41.4 Å². The number of hydrogen-bond acceptors (Lipinski definition) is 4. The van der Waals surface area contributed by atoms with E-state index in [1.165, 1.54) is 4.68 Å². The van der Waals surface area contributed by atoms with E-state index >= 15 is 0 Å². The van der Waals surface area contributed by atoms with E-state index < -0.39 is 0 Å². The molecule has 0 radical (unpaired) electrons. The number of rotatable bonds is 3. The fraction of sp³-hybridized carbons (Fsp3) is 0.190. The summed E-state index contributed by atoms with van der Waals surface area (Å²) in [5.41, 5.74) is 1.19. The summed E-state index contributed by atoms with van der Waals surface area (Å²) in [5.74, 6) is -0.175. The quantitative estimate of drug-likeness (QED) is 0.585. The molecule has 30 heavy (non-hydrogen) atoms. The SMILES string of the molecule is O=C(c1cccc(Cl)c1Cl)N1CCN(c2cnn(-c3ccccc3)c(=O)c2Cl)CC1. The molecule has 0 bridgehead atoms. The molecule has 3 aromatic rings. The molecule has 9 heteroatoms. The average Bonchev–Trinajstić information content (AvgIpc) is 2.78. The molecule has 154 valence electrons. The Balaban J connectivity index is 1.51. The van der Waals surface area contributed by atoms with Crippen molar-refractivity contribution < 1.29 is 4.79 Å². The van der Waals surface area contributed by atoms with E-state index in [-0.39, 0.29) is 21.5 Å². The molecular formula is C21H17Cl3N4O2. The van der Waals surface area contributed by atoms with Crippen LogP contribution >= 0.6 is 34.8 Å². The molecule has 6 nitrogen and oxygen atoms in total. The van der Waals surface area contributed by atoms with E-state index in [1.807, 2.05) is 23.1 Å². The zero-order chi connectivity index (χ0) is 21.3. The molecule has 0 aliphatic carbocycles. The van der Waals surface area contributed by atoms with E-state index in [0.717, 1.165) is 0 Å². The first-order valence-electron chi connectivity index (χ1n) is 9.29. The summed E-state index contributed by atoms with van der Waals surface area (Å²) in [6, 6.07) is 14.1. The van der Waals surface area contributed by atoms with Crippen LogP contribution in [0.2, 0.25) is 15.1 Å². The first-order valence-corrected chi connectivity index (χ1v) is 10.4. The average molecular weight is 464 g/mol. The number of aromatic nitrogens is 2. The van der Waals surface area contributed by atoms with Crippen LogP contribution in [0.5, 0.6) is 0 Å². The summed E-state index contributed by atoms with van der Waals surface area (Å²) in [6.07, 6.45) is 1.59. The molecule has 0 spiro atoms. The predicted molar refractivity (Wildman–Crippen MR) is 119 cm³/mol. The lowest BCUT2D eigenvalue weighted by atomic mass is 10.1. The van der Waals surface area contributed by atoms with Gasteiger partial charge in [-0.1, -0.05) is 59.1 Å². The molecule has 1 aliphatic heterocycles. The van der Waals surface area contributed by atoms with Gasteiger partial charge in [-0.05, 0) is 24.3 Å². The zero-order valence-corrected chi connectivity index (χ0v) is 18.0. The van der Waals surface area contributed by atoms with Gasteiger partial charge in [0.05, 0.1) is 33.2 Å². The Labute approximate surface area is 188 Å². The highest BCUT2D eigenvalue weighted by molar-refractivity contribution is 6.43. The first kappa shape index (κ1) is 20.7. The van der Waals surface area contributed by atoms with Crippen molar-refractivity contribution in [2.75, 3.05) is 31.1 Å². The van der Waals surface area contributed by atoms with Gasteiger partial charge in [0, 0.05) is 26.2 Å². The number of carbonyl (C=O) groups is 1. The lowest BCUT2D eigenvalue weighted by Crippen LogP contribution is -2.49. The number of anilines is 1. The topological polar surface area (TPSA) is 58.4 Å². The zero-order valence-electron chi connectivity index (χ0n) is 15.8. The summed E-state index contributed by atoms with van der Waals surface area (Å²) < 4.78 is 1.27. The second kappa shape index (κ2) is 8.68. The van der Waals surface area contributed by atoms with Crippen molar-refractivity contribution in [3.05, 3.63) is 85.7 Å². The van der Waals surface area contributed by atoms with E-state index in [9.17, 15) is 9.59 Å². The van der Waals surface area contributed by atoms with E-state index in [4.69, 9.17) is 34.8 Å². The van der Waals surface area contributed by atoms with Crippen LogP contribution in [0.15, 0.2) is 59.5 Å². The Hall–Kier alpha value is -2.54. The van der Waals surface area contributed by atoms with Gasteiger partial charge in [0.2, 0.25) is 0 Å². The van der Waals surface area contributed by atoms with Crippen molar-refractivity contribution in [1.29, 1.82) is 0 Å². The molecule has 1 amide bonds. The monoisotopic (exact) mass is 462 g/mol. The standard InChI is InChI=1S/C21H17Cl3N4O2/c22-16-8-4-7-15(18(16)23)20(29)27-11-9-26(10-12-27)17-13-25-28(21(30)19(17)24)14-5-2-1-3-6-14/h1-8,13H,9-12H2. The lowest BCUT2D eigenvalue weighted by Gasteiger charge is -2.36. The maximum atomic E-state index is 12.8. The number of nitrogens with zero attached hydrogens (tertiary/aromatic N) is 4. The number of hydrogen-bond donors (Lipinski definition) is 0. The fourth-order valence-corrected chi connectivity index (χ4v) is 4.02. The van der Waals surface area contributed by atoms with Crippen molar-refractivity contribution in [2.45, 2.75) is 0 Å². The van der Waals surface area contributed by atoms with E-state index in [2.05, 4.69) is 5.10 Å². The molecule has 0 N–H and O–H groups in total. The van der Waals surface area contributed by atoms with Crippen LogP contribution in [0.25, 0.3) is 5.69 Å². The summed E-state index contributed by atoms with van der Waals surface area (Å²) in [5, 5.41) is 4.97. The first-order chi connectivity index (χ1) is 14.5. The Morgan fingerprint density at radius 1 is 0.867 bits per heavy atom. The third-order valence-electron chi connectivity index (χ3n) is 4.99. The molecular weight excluding hydrogens is 447 g/mol. The van der Waals surface area contributed by atoms with Gasteiger partial charge in [0.15, 0.2) is 0 Å². The number of piperazine rings is 1. The molecule has 1 fully saturated rings. The highest BCUT2D eigenvalue weighted by atomic mass is 35.5. The Morgan fingerprint density at radius 3 is 2.27 bits per heavy atom. The van der Waals surface area contributed by atoms with Crippen LogP contribution < -0.4 is 10.5 Å². The van der Waals surface area contributed by atoms with Crippen LogP contribution in [0.1, 0.15) is 10.4 Å². The van der Waals surface area contributed by atoms with Crippen molar-refractivity contribution in [3.63, 3.8) is 0 Å². The predicted octanol–water partition coefficient (Wildman–Crippen LogP) is 4.16. The number of amides is 1. The fourth-order valence-electron chi connectivity index (χ4n) is 3.39. The Morgan fingerprint density at radius 2 is 1.57 bits per heavy atom. The van der Waals surface area contributed by atoms with Crippen molar-refractivity contribution in [3.8, 4) is 5.69 Å². The van der Waals surface area contributed by atoms with Gasteiger partial charge in [0.25, 0.3) is 11.5 Å². The molecule has 2 aromatic carbocycles. The highest BCUT2D eigenvalue weighted by Gasteiger charge is 2.26. The van der Waals surface area contributed by atoms with Crippen LogP contribution in [0.3, 0.4) is 0 Å². The second-order valence-electron chi connectivity index (χ2n) is 6.78. The van der Waals surface area contributed by atoms with Crippen molar-refractivity contribution >= 4 is 46.4 Å². The molecule has 0 saturated carbocycles. The number of carbonyl (C=O) groups excluding carboxylic acids is 1. The molecule has 1 aliphatic rings. The summed E-state index contributed by atoms with van der Waals surface area (Å²) in [7, 11) is 0. The maximum absolute atomic E-state index is 12.8. The van der Waals surface area contributed by atoms with Crippen LogP contribution in [-0.4, -0.2) is 46.8 Å². The van der Waals surface area contributed by atoms with Crippen LogP contribution in [0, 0.1) is 0 Å². The molecule has 2 heterocycles. The van der Waals surface area contributed by atoms with E-state index in [0.29, 0.717) is 48.1 Å².